The van der Waals surface area contributed by atoms with Gasteiger partial charge in [0.2, 0.25) is 0 Å². The molecule has 108 valence electrons. The van der Waals surface area contributed by atoms with Gasteiger partial charge < -0.3 is 10.0 Å². The van der Waals surface area contributed by atoms with Crippen molar-refractivity contribution >= 4 is 29.3 Å². The molecule has 1 fully saturated rings. The normalized spacial score (nSPS) is 14.9. The quantitative estimate of drug-likeness (QED) is 0.820. The van der Waals surface area contributed by atoms with Crippen molar-refractivity contribution in [3.05, 3.63) is 28.0 Å². The van der Waals surface area contributed by atoms with Crippen LogP contribution in [0.2, 0.25) is 0 Å². The van der Waals surface area contributed by atoms with Gasteiger partial charge >= 0.3 is 5.97 Å². The van der Waals surface area contributed by atoms with Crippen molar-refractivity contribution in [3.63, 3.8) is 0 Å². The molecule has 0 aliphatic heterocycles. The predicted octanol–water partition coefficient (Wildman–Crippen LogP) is 3.11. The summed E-state index contributed by atoms with van der Waals surface area (Å²) >= 11 is 1.39. The summed E-state index contributed by atoms with van der Waals surface area (Å²) in [6.07, 6.45) is 5.04. The molecular weight excluding hydrogens is 274 g/mol. The highest BCUT2D eigenvalue weighted by atomic mass is 32.1. The first kappa shape index (κ1) is 14.8. The lowest BCUT2D eigenvalue weighted by Crippen LogP contribution is -2.38. The Kier molecular flexibility index (Phi) is 4.60. The number of carboxylic acid groups (broad SMARTS) is 1. The molecule has 5 heteroatoms. The number of amides is 1. The molecule has 1 heterocycles. The van der Waals surface area contributed by atoms with Gasteiger partial charge in [-0.25, -0.2) is 4.79 Å². The van der Waals surface area contributed by atoms with E-state index in [1.807, 2.05) is 18.7 Å². The number of carboxylic acids is 1. The van der Waals surface area contributed by atoms with Gasteiger partial charge in [-0.2, -0.15) is 0 Å². The van der Waals surface area contributed by atoms with Crippen LogP contribution in [0.4, 0.5) is 0 Å². The van der Waals surface area contributed by atoms with E-state index in [1.165, 1.54) is 30.3 Å². The fourth-order valence-corrected chi connectivity index (χ4v) is 2.75. The van der Waals surface area contributed by atoms with Crippen molar-refractivity contribution in [2.24, 2.45) is 5.92 Å². The SMILES string of the molecule is CC(C)N(CC1CC1)C(=O)c1csc(C=CC(=O)O)c1. The van der Waals surface area contributed by atoms with E-state index < -0.39 is 5.97 Å². The summed E-state index contributed by atoms with van der Waals surface area (Å²) < 4.78 is 0. The van der Waals surface area contributed by atoms with Crippen LogP contribution in [-0.4, -0.2) is 34.5 Å². The summed E-state index contributed by atoms with van der Waals surface area (Å²) in [5.74, 6) is -0.284. The number of carbonyl (C=O) groups excluding carboxylic acids is 1. The molecule has 0 radical (unpaired) electrons. The summed E-state index contributed by atoms with van der Waals surface area (Å²) in [6.45, 7) is 4.88. The first-order valence-electron chi connectivity index (χ1n) is 6.78. The summed E-state index contributed by atoms with van der Waals surface area (Å²) in [6, 6.07) is 1.94. The van der Waals surface area contributed by atoms with Crippen LogP contribution >= 0.6 is 11.3 Å². The van der Waals surface area contributed by atoms with E-state index in [4.69, 9.17) is 5.11 Å². The molecule has 2 rings (SSSR count). The van der Waals surface area contributed by atoms with Gasteiger partial charge in [0.15, 0.2) is 0 Å². The molecule has 0 spiro atoms. The van der Waals surface area contributed by atoms with E-state index in [0.29, 0.717) is 11.5 Å². The lowest BCUT2D eigenvalue weighted by molar-refractivity contribution is -0.131. The van der Waals surface area contributed by atoms with E-state index in [1.54, 1.807) is 11.4 Å². The molecule has 1 saturated carbocycles. The average molecular weight is 293 g/mol. The Labute approximate surface area is 122 Å². The number of thiophene rings is 1. The van der Waals surface area contributed by atoms with Crippen LogP contribution in [0, 0.1) is 5.92 Å². The van der Waals surface area contributed by atoms with E-state index in [2.05, 4.69) is 0 Å². The fraction of sp³-hybridized carbons (Fsp3) is 0.467. The second-order valence-corrected chi connectivity index (χ2v) is 6.35. The summed E-state index contributed by atoms with van der Waals surface area (Å²) in [5, 5.41) is 10.4. The van der Waals surface area contributed by atoms with E-state index in [9.17, 15) is 9.59 Å². The van der Waals surface area contributed by atoms with Crippen LogP contribution in [0.15, 0.2) is 17.5 Å². The average Bonchev–Trinajstić information content (AvgIpc) is 3.08. The van der Waals surface area contributed by atoms with Gasteiger partial charge in [0.1, 0.15) is 0 Å². The molecule has 1 amide bonds. The van der Waals surface area contributed by atoms with Crippen LogP contribution in [0.5, 0.6) is 0 Å². The molecule has 1 aliphatic carbocycles. The van der Waals surface area contributed by atoms with E-state index >= 15 is 0 Å². The Morgan fingerprint density at radius 1 is 1.50 bits per heavy atom. The lowest BCUT2D eigenvalue weighted by Gasteiger charge is -2.26. The Morgan fingerprint density at radius 2 is 2.20 bits per heavy atom. The van der Waals surface area contributed by atoms with Crippen LogP contribution < -0.4 is 0 Å². The minimum absolute atomic E-state index is 0.0399. The van der Waals surface area contributed by atoms with Gasteiger partial charge in [-0.15, -0.1) is 11.3 Å². The molecule has 0 aromatic carbocycles. The second-order valence-electron chi connectivity index (χ2n) is 5.40. The maximum Gasteiger partial charge on any atom is 0.328 e. The Morgan fingerprint density at radius 3 is 2.75 bits per heavy atom. The molecule has 1 aliphatic rings. The Hall–Kier alpha value is -1.62. The molecule has 0 saturated heterocycles. The smallest absolute Gasteiger partial charge is 0.328 e. The summed E-state index contributed by atoms with van der Waals surface area (Å²) in [7, 11) is 0. The maximum absolute atomic E-state index is 12.5. The first-order valence-corrected chi connectivity index (χ1v) is 7.66. The molecule has 1 aromatic rings. The number of nitrogens with zero attached hydrogens (tertiary/aromatic N) is 1. The van der Waals surface area contributed by atoms with Crippen molar-refractivity contribution in [3.8, 4) is 0 Å². The predicted molar refractivity (Wildman–Crippen MR) is 79.9 cm³/mol. The molecule has 1 aromatic heterocycles. The van der Waals surface area contributed by atoms with Crippen LogP contribution in [0.3, 0.4) is 0 Å². The highest BCUT2D eigenvalue weighted by molar-refractivity contribution is 7.11. The van der Waals surface area contributed by atoms with Crippen LogP contribution in [-0.2, 0) is 4.79 Å². The van der Waals surface area contributed by atoms with E-state index in [-0.39, 0.29) is 11.9 Å². The number of carbonyl (C=O) groups is 2. The third-order valence-electron chi connectivity index (χ3n) is 3.29. The Balaban J connectivity index is 2.08. The van der Waals surface area contributed by atoms with Gasteiger partial charge in [0, 0.05) is 28.9 Å². The van der Waals surface area contributed by atoms with Crippen LogP contribution in [0.1, 0.15) is 41.9 Å². The fourth-order valence-electron chi connectivity index (χ4n) is 1.98. The minimum Gasteiger partial charge on any atom is -0.478 e. The van der Waals surface area contributed by atoms with Gasteiger partial charge in [0.05, 0.1) is 5.56 Å². The maximum atomic E-state index is 12.5. The topological polar surface area (TPSA) is 57.6 Å². The van der Waals surface area contributed by atoms with Gasteiger partial charge in [0.25, 0.3) is 5.91 Å². The molecule has 4 nitrogen and oxygen atoms in total. The molecule has 20 heavy (non-hydrogen) atoms. The molecule has 0 atom stereocenters. The monoisotopic (exact) mass is 293 g/mol. The van der Waals surface area contributed by atoms with Crippen LogP contribution in [0.25, 0.3) is 6.08 Å². The van der Waals surface area contributed by atoms with Gasteiger partial charge in [-0.05, 0) is 44.7 Å². The largest absolute Gasteiger partial charge is 0.478 e. The molecule has 0 unspecified atom stereocenters. The van der Waals surface area contributed by atoms with Crippen molar-refractivity contribution < 1.29 is 14.7 Å². The van der Waals surface area contributed by atoms with Gasteiger partial charge in [-0.3, -0.25) is 4.79 Å². The third-order valence-corrected chi connectivity index (χ3v) is 4.19. The zero-order valence-electron chi connectivity index (χ0n) is 11.7. The molecular formula is C15H19NO3S. The molecule has 1 N–H and O–H groups in total. The zero-order chi connectivity index (χ0) is 14.7. The first-order chi connectivity index (χ1) is 9.47. The molecule has 0 bridgehead atoms. The minimum atomic E-state index is -0.983. The standard InChI is InChI=1S/C15H19NO3S/c1-10(2)16(8-11-3-4-11)15(19)12-7-13(20-9-12)5-6-14(17)18/h5-7,9-11H,3-4,8H2,1-2H3,(H,17,18). The van der Waals surface area contributed by atoms with Crippen molar-refractivity contribution in [2.75, 3.05) is 6.54 Å². The summed E-state index contributed by atoms with van der Waals surface area (Å²) in [4.78, 5) is 25.7. The van der Waals surface area contributed by atoms with Crippen molar-refractivity contribution in [2.45, 2.75) is 32.7 Å². The highest BCUT2D eigenvalue weighted by Gasteiger charge is 2.28. The number of hydrogen-bond acceptors (Lipinski definition) is 3. The van der Waals surface area contributed by atoms with Crippen molar-refractivity contribution in [1.82, 2.24) is 4.90 Å². The lowest BCUT2D eigenvalue weighted by atomic mass is 10.2. The zero-order valence-corrected chi connectivity index (χ0v) is 12.5. The second kappa shape index (κ2) is 6.22. The highest BCUT2D eigenvalue weighted by Crippen LogP contribution is 2.31. The Bertz CT molecular complexity index is 529. The number of rotatable bonds is 6. The third kappa shape index (κ3) is 3.93. The van der Waals surface area contributed by atoms with Gasteiger partial charge in [-0.1, -0.05) is 0 Å². The summed E-state index contributed by atoms with van der Waals surface area (Å²) in [5.41, 5.74) is 0.648. The van der Waals surface area contributed by atoms with Crippen molar-refractivity contribution in [1.29, 1.82) is 0 Å². The number of hydrogen-bond donors (Lipinski definition) is 1. The van der Waals surface area contributed by atoms with E-state index in [0.717, 1.165) is 17.5 Å². The number of aliphatic carboxylic acids is 1.